The highest BCUT2D eigenvalue weighted by atomic mass is 19.1. The van der Waals surface area contributed by atoms with Crippen LogP contribution in [-0.4, -0.2) is 24.5 Å². The third-order valence-electron chi connectivity index (χ3n) is 4.00. The average Bonchev–Trinajstić information content (AvgIpc) is 2.70. The van der Waals surface area contributed by atoms with E-state index in [1.807, 2.05) is 24.3 Å². The van der Waals surface area contributed by atoms with Crippen molar-refractivity contribution in [2.75, 3.05) is 24.3 Å². The van der Waals surface area contributed by atoms with Gasteiger partial charge >= 0.3 is 0 Å². The van der Waals surface area contributed by atoms with Gasteiger partial charge in [-0.3, -0.25) is 4.79 Å². The lowest BCUT2D eigenvalue weighted by molar-refractivity contribution is 0.102. The minimum absolute atomic E-state index is 0.129. The Morgan fingerprint density at radius 1 is 1.11 bits per heavy atom. The number of pyridine rings is 1. The molecule has 0 aliphatic carbocycles. The molecule has 3 rings (SSSR count). The summed E-state index contributed by atoms with van der Waals surface area (Å²) in [6.07, 6.45) is 2.41. The average molecular weight is 365 g/mol. The Labute approximate surface area is 157 Å². The van der Waals surface area contributed by atoms with Crippen LogP contribution in [0.4, 0.5) is 15.8 Å². The van der Waals surface area contributed by atoms with Crippen molar-refractivity contribution in [3.05, 3.63) is 83.9 Å². The zero-order valence-corrected chi connectivity index (χ0v) is 14.9. The molecule has 0 radical (unpaired) electrons. The number of carbonyl (C=O) groups excluding carboxylic acids is 1. The molecule has 0 fully saturated rings. The van der Waals surface area contributed by atoms with Crippen molar-refractivity contribution in [2.45, 2.75) is 6.42 Å². The van der Waals surface area contributed by atoms with Gasteiger partial charge in [0.2, 0.25) is 0 Å². The summed E-state index contributed by atoms with van der Waals surface area (Å²) in [6, 6.07) is 17.3. The molecule has 138 valence electrons. The monoisotopic (exact) mass is 365 g/mol. The number of rotatable bonds is 7. The van der Waals surface area contributed by atoms with Gasteiger partial charge in [0.1, 0.15) is 17.3 Å². The molecule has 6 heteroatoms. The molecule has 0 aliphatic rings. The van der Waals surface area contributed by atoms with Crippen LogP contribution in [0.15, 0.2) is 66.9 Å². The summed E-state index contributed by atoms with van der Waals surface area (Å²) in [5, 5.41) is 5.77. The lowest BCUT2D eigenvalue weighted by Crippen LogP contribution is -2.14. The first-order chi connectivity index (χ1) is 13.2. The van der Waals surface area contributed by atoms with Crippen molar-refractivity contribution < 1.29 is 13.9 Å². The van der Waals surface area contributed by atoms with Crippen LogP contribution in [0.1, 0.15) is 16.1 Å². The van der Waals surface area contributed by atoms with Gasteiger partial charge < -0.3 is 15.4 Å². The smallest absolute Gasteiger partial charge is 0.274 e. The normalized spacial score (nSPS) is 10.3. The number of nitrogens with one attached hydrogen (secondary N) is 2. The van der Waals surface area contributed by atoms with Gasteiger partial charge in [0.25, 0.3) is 5.91 Å². The van der Waals surface area contributed by atoms with E-state index in [0.29, 0.717) is 0 Å². The topological polar surface area (TPSA) is 63.2 Å². The van der Waals surface area contributed by atoms with Gasteiger partial charge in [-0.15, -0.1) is 0 Å². The highest BCUT2D eigenvalue weighted by Gasteiger charge is 2.10. The minimum atomic E-state index is -0.485. The number of hydrogen-bond acceptors (Lipinski definition) is 4. The van der Waals surface area contributed by atoms with E-state index >= 15 is 0 Å². The summed E-state index contributed by atoms with van der Waals surface area (Å²) in [4.78, 5) is 16.3. The van der Waals surface area contributed by atoms with Crippen molar-refractivity contribution >= 4 is 17.3 Å². The SMILES string of the molecule is COc1cccc(CCNc2ccc(C(=O)Nc3ccccc3F)nc2)c1. The molecule has 5 nitrogen and oxygen atoms in total. The molecule has 0 aliphatic heterocycles. The summed E-state index contributed by atoms with van der Waals surface area (Å²) in [7, 11) is 1.65. The summed E-state index contributed by atoms with van der Waals surface area (Å²) >= 11 is 0. The molecule has 0 saturated heterocycles. The molecule has 1 aromatic heterocycles. The van der Waals surface area contributed by atoms with Gasteiger partial charge in [-0.1, -0.05) is 24.3 Å². The molecule has 2 aromatic carbocycles. The first kappa shape index (κ1) is 18.4. The maximum absolute atomic E-state index is 13.6. The van der Waals surface area contributed by atoms with Crippen LogP contribution in [0, 0.1) is 5.82 Å². The maximum Gasteiger partial charge on any atom is 0.274 e. The Hall–Kier alpha value is -3.41. The van der Waals surface area contributed by atoms with Gasteiger partial charge in [-0.2, -0.15) is 0 Å². The number of anilines is 2. The van der Waals surface area contributed by atoms with E-state index in [1.54, 1.807) is 37.6 Å². The summed E-state index contributed by atoms with van der Waals surface area (Å²) in [6.45, 7) is 0.718. The molecule has 0 saturated carbocycles. The predicted molar refractivity (Wildman–Crippen MR) is 104 cm³/mol. The van der Waals surface area contributed by atoms with E-state index in [9.17, 15) is 9.18 Å². The molecule has 0 spiro atoms. The third-order valence-corrected chi connectivity index (χ3v) is 4.00. The molecule has 1 amide bonds. The number of ether oxygens (including phenoxy) is 1. The van der Waals surface area contributed by atoms with Crippen LogP contribution >= 0.6 is 0 Å². The highest BCUT2D eigenvalue weighted by molar-refractivity contribution is 6.03. The second-order valence-corrected chi connectivity index (χ2v) is 5.89. The number of amides is 1. The lowest BCUT2D eigenvalue weighted by atomic mass is 10.1. The van der Waals surface area contributed by atoms with Gasteiger partial charge in [0.05, 0.1) is 24.7 Å². The van der Waals surface area contributed by atoms with E-state index < -0.39 is 11.7 Å². The second kappa shape index (κ2) is 8.80. The molecular formula is C21H20FN3O2. The van der Waals surface area contributed by atoms with Crippen LogP contribution in [0.2, 0.25) is 0 Å². The maximum atomic E-state index is 13.6. The summed E-state index contributed by atoms with van der Waals surface area (Å²) in [5.74, 6) is -0.107. The van der Waals surface area contributed by atoms with Gasteiger partial charge in [-0.25, -0.2) is 9.37 Å². The minimum Gasteiger partial charge on any atom is -0.497 e. The Balaban J connectivity index is 1.53. The third kappa shape index (κ3) is 5.04. The van der Waals surface area contributed by atoms with Crippen LogP contribution in [0.5, 0.6) is 5.75 Å². The van der Waals surface area contributed by atoms with E-state index in [4.69, 9.17) is 4.74 Å². The second-order valence-electron chi connectivity index (χ2n) is 5.89. The summed E-state index contributed by atoms with van der Waals surface area (Å²) < 4.78 is 18.8. The van der Waals surface area contributed by atoms with E-state index in [-0.39, 0.29) is 11.4 Å². The van der Waals surface area contributed by atoms with E-state index in [0.717, 1.165) is 30.0 Å². The fraction of sp³-hybridized carbons (Fsp3) is 0.143. The molecular weight excluding hydrogens is 345 g/mol. The number of hydrogen-bond donors (Lipinski definition) is 2. The lowest BCUT2D eigenvalue weighted by Gasteiger charge is -2.09. The number of halogens is 1. The highest BCUT2D eigenvalue weighted by Crippen LogP contribution is 2.15. The fourth-order valence-electron chi connectivity index (χ4n) is 2.56. The molecule has 0 unspecified atom stereocenters. The van der Waals surface area contributed by atoms with Crippen molar-refractivity contribution in [3.63, 3.8) is 0 Å². The number of carbonyl (C=O) groups is 1. The first-order valence-electron chi connectivity index (χ1n) is 8.54. The zero-order chi connectivity index (χ0) is 19.1. The number of nitrogens with zero attached hydrogens (tertiary/aromatic N) is 1. The number of methoxy groups -OCH3 is 1. The number of para-hydroxylation sites is 1. The van der Waals surface area contributed by atoms with Gasteiger partial charge in [0.15, 0.2) is 0 Å². The molecule has 1 heterocycles. The molecule has 0 atom stereocenters. The standard InChI is InChI=1S/C21H20FN3O2/c1-27-17-6-4-5-15(13-17)11-12-23-16-9-10-20(24-14-16)21(26)25-19-8-3-2-7-18(19)22/h2-10,13-14,23H,11-12H2,1H3,(H,25,26). The Bertz CT molecular complexity index is 913. The van der Waals surface area contributed by atoms with Crippen molar-refractivity contribution in [3.8, 4) is 5.75 Å². The largest absolute Gasteiger partial charge is 0.497 e. The molecule has 2 N–H and O–H groups in total. The fourth-order valence-corrected chi connectivity index (χ4v) is 2.56. The quantitative estimate of drug-likeness (QED) is 0.661. The van der Waals surface area contributed by atoms with Crippen molar-refractivity contribution in [2.24, 2.45) is 0 Å². The Morgan fingerprint density at radius 2 is 1.96 bits per heavy atom. The van der Waals surface area contributed by atoms with Crippen LogP contribution in [-0.2, 0) is 6.42 Å². The van der Waals surface area contributed by atoms with Gasteiger partial charge in [-0.05, 0) is 48.4 Å². The zero-order valence-electron chi connectivity index (χ0n) is 14.9. The van der Waals surface area contributed by atoms with Crippen LogP contribution < -0.4 is 15.4 Å². The first-order valence-corrected chi connectivity index (χ1v) is 8.54. The van der Waals surface area contributed by atoms with Gasteiger partial charge in [0, 0.05) is 6.54 Å². The van der Waals surface area contributed by atoms with Crippen LogP contribution in [0.3, 0.4) is 0 Å². The Morgan fingerprint density at radius 3 is 2.70 bits per heavy atom. The number of aromatic nitrogens is 1. The molecule has 0 bridgehead atoms. The van der Waals surface area contributed by atoms with E-state index in [2.05, 4.69) is 15.6 Å². The van der Waals surface area contributed by atoms with Crippen molar-refractivity contribution in [1.29, 1.82) is 0 Å². The predicted octanol–water partition coefficient (Wildman–Crippen LogP) is 4.14. The Kier molecular flexibility index (Phi) is 5.99. The molecule has 3 aromatic rings. The van der Waals surface area contributed by atoms with E-state index in [1.165, 1.54) is 12.1 Å². The number of benzene rings is 2. The molecule has 27 heavy (non-hydrogen) atoms. The van der Waals surface area contributed by atoms with Crippen LogP contribution in [0.25, 0.3) is 0 Å². The summed E-state index contributed by atoms with van der Waals surface area (Å²) in [5.41, 5.74) is 2.32. The van der Waals surface area contributed by atoms with Crippen molar-refractivity contribution in [1.82, 2.24) is 4.98 Å².